The topological polar surface area (TPSA) is 20.7 Å². The number of rotatable bonds is 2. The lowest BCUT2D eigenvalue weighted by molar-refractivity contribution is 0.560. The van der Waals surface area contributed by atoms with Crippen molar-refractivity contribution >= 4 is 12.2 Å². The Labute approximate surface area is 103 Å². The first-order valence-electron chi connectivity index (χ1n) is 5.30. The predicted octanol–water partition coefficient (Wildman–Crippen LogP) is 3.68. The van der Waals surface area contributed by atoms with Gasteiger partial charge < -0.3 is 4.98 Å². The number of nitrogens with zero attached hydrogens (tertiary/aromatic N) is 1. The maximum Gasteiger partial charge on any atom is 0.182 e. The van der Waals surface area contributed by atoms with E-state index in [0.717, 1.165) is 5.69 Å². The Morgan fingerprint density at radius 3 is 2.71 bits per heavy atom. The standard InChI is InChI=1S/C12H12F2N2S/c1-3-8-6-15-12(17)16(8)11-9(13)5-4-7(2)10(11)14/h4-6H,3H2,1-2H3,(H,15,17). The molecule has 0 spiro atoms. The van der Waals surface area contributed by atoms with Gasteiger partial charge in [-0.2, -0.15) is 0 Å². The average molecular weight is 254 g/mol. The van der Waals surface area contributed by atoms with Crippen molar-refractivity contribution < 1.29 is 8.78 Å². The number of hydrogen-bond donors (Lipinski definition) is 1. The summed E-state index contributed by atoms with van der Waals surface area (Å²) in [6.07, 6.45) is 2.31. The van der Waals surface area contributed by atoms with Crippen LogP contribution in [-0.4, -0.2) is 9.55 Å². The minimum Gasteiger partial charge on any atom is -0.337 e. The fraction of sp³-hybridized carbons (Fsp3) is 0.250. The third kappa shape index (κ3) is 1.91. The monoisotopic (exact) mass is 254 g/mol. The molecule has 2 aromatic rings. The minimum absolute atomic E-state index is 0.104. The van der Waals surface area contributed by atoms with E-state index < -0.39 is 11.6 Å². The van der Waals surface area contributed by atoms with Gasteiger partial charge in [0.1, 0.15) is 11.5 Å². The van der Waals surface area contributed by atoms with E-state index in [2.05, 4.69) is 4.98 Å². The van der Waals surface area contributed by atoms with E-state index in [0.29, 0.717) is 16.8 Å². The average Bonchev–Trinajstić information content (AvgIpc) is 2.67. The summed E-state index contributed by atoms with van der Waals surface area (Å²) in [4.78, 5) is 2.80. The Morgan fingerprint density at radius 2 is 2.06 bits per heavy atom. The van der Waals surface area contributed by atoms with Gasteiger partial charge in [0.15, 0.2) is 10.6 Å². The minimum atomic E-state index is -0.612. The van der Waals surface area contributed by atoms with Gasteiger partial charge in [-0.25, -0.2) is 8.78 Å². The van der Waals surface area contributed by atoms with E-state index in [1.165, 1.54) is 16.7 Å². The first-order chi connectivity index (χ1) is 8.06. The third-order valence-corrected chi connectivity index (χ3v) is 3.00. The molecule has 0 aliphatic rings. The highest BCUT2D eigenvalue weighted by Gasteiger charge is 2.16. The molecule has 90 valence electrons. The van der Waals surface area contributed by atoms with E-state index in [1.54, 1.807) is 13.1 Å². The molecule has 1 N–H and O–H groups in total. The predicted molar refractivity (Wildman–Crippen MR) is 65.0 cm³/mol. The van der Waals surface area contributed by atoms with Crippen molar-refractivity contribution in [2.45, 2.75) is 20.3 Å². The SMILES string of the molecule is CCc1c[nH]c(=S)n1-c1c(F)ccc(C)c1F. The molecule has 1 aromatic heterocycles. The molecule has 2 rings (SSSR count). The molecule has 17 heavy (non-hydrogen) atoms. The van der Waals surface area contributed by atoms with Crippen LogP contribution in [0.4, 0.5) is 8.78 Å². The van der Waals surface area contributed by atoms with E-state index in [9.17, 15) is 8.78 Å². The van der Waals surface area contributed by atoms with Crippen molar-refractivity contribution in [3.63, 3.8) is 0 Å². The van der Waals surface area contributed by atoms with Gasteiger partial charge in [-0.1, -0.05) is 13.0 Å². The van der Waals surface area contributed by atoms with Crippen LogP contribution in [0.15, 0.2) is 18.3 Å². The van der Waals surface area contributed by atoms with Crippen LogP contribution < -0.4 is 0 Å². The number of imidazole rings is 1. The first-order valence-corrected chi connectivity index (χ1v) is 5.71. The molecule has 0 radical (unpaired) electrons. The van der Waals surface area contributed by atoms with E-state index in [1.807, 2.05) is 6.92 Å². The van der Waals surface area contributed by atoms with Crippen LogP contribution in [0.1, 0.15) is 18.2 Å². The second-order valence-electron chi connectivity index (χ2n) is 3.80. The molecule has 0 saturated carbocycles. The van der Waals surface area contributed by atoms with Crippen LogP contribution in [0.25, 0.3) is 5.69 Å². The van der Waals surface area contributed by atoms with E-state index in [4.69, 9.17) is 12.2 Å². The second kappa shape index (κ2) is 4.41. The molecule has 0 aliphatic carbocycles. The lowest BCUT2D eigenvalue weighted by Crippen LogP contribution is -2.06. The maximum absolute atomic E-state index is 14.0. The molecule has 0 aliphatic heterocycles. The van der Waals surface area contributed by atoms with Crippen molar-refractivity contribution in [2.75, 3.05) is 0 Å². The molecule has 0 atom stereocenters. The summed E-state index contributed by atoms with van der Waals surface area (Å²) in [6, 6.07) is 2.66. The zero-order chi connectivity index (χ0) is 12.6. The van der Waals surface area contributed by atoms with Gasteiger partial charge in [0.25, 0.3) is 0 Å². The first kappa shape index (κ1) is 12.0. The number of H-pyrrole nitrogens is 1. The molecule has 1 aromatic carbocycles. The van der Waals surface area contributed by atoms with Crippen LogP contribution in [-0.2, 0) is 6.42 Å². The lowest BCUT2D eigenvalue weighted by atomic mass is 10.2. The summed E-state index contributed by atoms with van der Waals surface area (Å²) >= 11 is 5.06. The molecule has 1 heterocycles. The van der Waals surface area contributed by atoms with Crippen LogP contribution in [0.5, 0.6) is 0 Å². The summed E-state index contributed by atoms with van der Waals surface area (Å²) in [5.41, 5.74) is 1.04. The van der Waals surface area contributed by atoms with Crippen LogP contribution >= 0.6 is 12.2 Å². The molecular formula is C12H12F2N2S. The highest BCUT2D eigenvalue weighted by Crippen LogP contribution is 2.23. The van der Waals surface area contributed by atoms with Crippen LogP contribution in [0.2, 0.25) is 0 Å². The van der Waals surface area contributed by atoms with E-state index in [-0.39, 0.29) is 5.69 Å². The smallest absolute Gasteiger partial charge is 0.182 e. The van der Waals surface area contributed by atoms with Gasteiger partial charge in [0, 0.05) is 11.9 Å². The summed E-state index contributed by atoms with van der Waals surface area (Å²) in [5, 5.41) is 0. The zero-order valence-corrected chi connectivity index (χ0v) is 10.4. The molecule has 0 fully saturated rings. The molecule has 0 unspecified atom stereocenters. The van der Waals surface area contributed by atoms with Crippen LogP contribution in [0, 0.1) is 23.3 Å². The Kier molecular flexibility index (Phi) is 3.11. The molecular weight excluding hydrogens is 242 g/mol. The summed E-state index contributed by atoms with van der Waals surface area (Å²) < 4.78 is 29.5. The fourth-order valence-corrected chi connectivity index (χ4v) is 2.02. The van der Waals surface area contributed by atoms with Crippen molar-refractivity contribution in [3.05, 3.63) is 46.0 Å². The quantitative estimate of drug-likeness (QED) is 0.811. The Balaban J connectivity index is 2.81. The lowest BCUT2D eigenvalue weighted by Gasteiger charge is -2.10. The summed E-state index contributed by atoms with van der Waals surface area (Å²) in [6.45, 7) is 3.50. The van der Waals surface area contributed by atoms with Crippen molar-refractivity contribution in [3.8, 4) is 5.69 Å². The van der Waals surface area contributed by atoms with Crippen molar-refractivity contribution in [1.29, 1.82) is 0 Å². The number of aryl methyl sites for hydroxylation is 2. The number of hydrogen-bond acceptors (Lipinski definition) is 1. The Morgan fingerprint density at radius 1 is 1.35 bits per heavy atom. The van der Waals surface area contributed by atoms with Gasteiger partial charge in [0.05, 0.1) is 0 Å². The fourth-order valence-electron chi connectivity index (χ4n) is 1.76. The number of benzene rings is 1. The molecule has 0 bridgehead atoms. The van der Waals surface area contributed by atoms with E-state index >= 15 is 0 Å². The molecule has 0 saturated heterocycles. The largest absolute Gasteiger partial charge is 0.337 e. The number of aromatic nitrogens is 2. The van der Waals surface area contributed by atoms with Gasteiger partial charge >= 0.3 is 0 Å². The normalized spacial score (nSPS) is 10.8. The molecule has 0 amide bonds. The third-order valence-electron chi connectivity index (χ3n) is 2.70. The van der Waals surface area contributed by atoms with Crippen molar-refractivity contribution in [1.82, 2.24) is 9.55 Å². The molecule has 5 heteroatoms. The zero-order valence-electron chi connectivity index (χ0n) is 9.55. The summed E-state index contributed by atoms with van der Waals surface area (Å²) in [5.74, 6) is -1.19. The van der Waals surface area contributed by atoms with Crippen LogP contribution in [0.3, 0.4) is 0 Å². The Hall–Kier alpha value is -1.49. The van der Waals surface area contributed by atoms with Crippen molar-refractivity contribution in [2.24, 2.45) is 0 Å². The Bertz CT molecular complexity index is 613. The maximum atomic E-state index is 14.0. The highest BCUT2D eigenvalue weighted by atomic mass is 32.1. The number of halogens is 2. The number of aromatic amines is 1. The van der Waals surface area contributed by atoms with Gasteiger partial charge in [-0.05, 0) is 37.2 Å². The summed E-state index contributed by atoms with van der Waals surface area (Å²) in [7, 11) is 0. The molecule has 2 nitrogen and oxygen atoms in total. The highest BCUT2D eigenvalue weighted by molar-refractivity contribution is 7.71. The van der Waals surface area contributed by atoms with Gasteiger partial charge in [-0.15, -0.1) is 0 Å². The second-order valence-corrected chi connectivity index (χ2v) is 4.19. The number of nitrogens with one attached hydrogen (secondary N) is 1. The van der Waals surface area contributed by atoms with Gasteiger partial charge in [-0.3, -0.25) is 4.57 Å². The van der Waals surface area contributed by atoms with Gasteiger partial charge in [0.2, 0.25) is 0 Å².